The van der Waals surface area contributed by atoms with Crippen molar-refractivity contribution in [2.45, 2.75) is 13.5 Å². The van der Waals surface area contributed by atoms with Crippen LogP contribution in [0.15, 0.2) is 88.6 Å². The van der Waals surface area contributed by atoms with Crippen LogP contribution in [0.5, 0.6) is 5.75 Å². The molecular weight excluding hydrogens is 410 g/mol. The van der Waals surface area contributed by atoms with Gasteiger partial charge in [0.2, 0.25) is 0 Å². The molecule has 0 aliphatic rings. The maximum atomic E-state index is 12.9. The lowest BCUT2D eigenvalue weighted by Crippen LogP contribution is -2.19. The Balaban J connectivity index is 1.49. The van der Waals surface area contributed by atoms with Gasteiger partial charge in [0.05, 0.1) is 11.4 Å². The number of aromatic nitrogens is 2. The molecule has 5 nitrogen and oxygen atoms in total. The van der Waals surface area contributed by atoms with Crippen molar-refractivity contribution in [3.8, 4) is 11.4 Å². The molecule has 4 aromatic rings. The summed E-state index contributed by atoms with van der Waals surface area (Å²) in [5, 5.41) is 0.705. The Bertz CT molecular complexity index is 1260. The van der Waals surface area contributed by atoms with E-state index >= 15 is 0 Å². The summed E-state index contributed by atoms with van der Waals surface area (Å²) in [6.07, 6.45) is 1.70. The Labute approximate surface area is 185 Å². The molecule has 31 heavy (non-hydrogen) atoms. The Morgan fingerprint density at radius 2 is 1.65 bits per heavy atom. The largest absolute Gasteiger partial charge is 0.489 e. The average Bonchev–Trinajstić information content (AvgIpc) is 3.01. The monoisotopic (exact) mass is 431 g/mol. The summed E-state index contributed by atoms with van der Waals surface area (Å²) in [7, 11) is 1.86. The third kappa shape index (κ3) is 4.62. The number of rotatable bonds is 6. The van der Waals surface area contributed by atoms with Crippen LogP contribution in [-0.4, -0.2) is 15.6 Å². The summed E-state index contributed by atoms with van der Waals surface area (Å²) in [4.78, 5) is 17.4. The Hall–Kier alpha value is -3.57. The molecule has 0 aliphatic carbocycles. The van der Waals surface area contributed by atoms with Crippen molar-refractivity contribution in [3.63, 3.8) is 0 Å². The standard InChI is InChI=1S/C25H22ClN3O2/c1-18-24(25(30)29(28(18)2)22-6-4-3-5-7-22)27-16-19-10-14-23(15-11-19)31-17-20-8-12-21(26)13-9-20/h3-16H,17H2,1-2H3. The molecule has 1 aromatic heterocycles. The number of para-hydroxylation sites is 1. The molecule has 0 saturated carbocycles. The maximum Gasteiger partial charge on any atom is 0.297 e. The highest BCUT2D eigenvalue weighted by Crippen LogP contribution is 2.18. The molecule has 4 rings (SSSR count). The van der Waals surface area contributed by atoms with Crippen molar-refractivity contribution < 1.29 is 4.74 Å². The van der Waals surface area contributed by atoms with Crippen LogP contribution in [-0.2, 0) is 13.7 Å². The summed E-state index contributed by atoms with van der Waals surface area (Å²) in [6, 6.07) is 24.7. The lowest BCUT2D eigenvalue weighted by molar-refractivity contribution is 0.306. The van der Waals surface area contributed by atoms with Gasteiger partial charge < -0.3 is 4.74 Å². The summed E-state index contributed by atoms with van der Waals surface area (Å²) >= 11 is 5.91. The molecule has 0 unspecified atom stereocenters. The van der Waals surface area contributed by atoms with Crippen LogP contribution in [0.3, 0.4) is 0 Å². The first-order chi connectivity index (χ1) is 15.0. The minimum atomic E-state index is -0.148. The lowest BCUT2D eigenvalue weighted by atomic mass is 10.2. The van der Waals surface area contributed by atoms with Gasteiger partial charge in [-0.3, -0.25) is 9.48 Å². The van der Waals surface area contributed by atoms with Gasteiger partial charge in [-0.2, -0.15) is 0 Å². The van der Waals surface area contributed by atoms with Crippen LogP contribution in [0.25, 0.3) is 5.69 Å². The Morgan fingerprint density at radius 1 is 0.968 bits per heavy atom. The van der Waals surface area contributed by atoms with Gasteiger partial charge in [0.25, 0.3) is 5.56 Å². The highest BCUT2D eigenvalue weighted by Gasteiger charge is 2.14. The minimum Gasteiger partial charge on any atom is -0.489 e. The van der Waals surface area contributed by atoms with E-state index in [9.17, 15) is 4.79 Å². The first-order valence-electron chi connectivity index (χ1n) is 9.88. The molecule has 0 amide bonds. The molecule has 0 spiro atoms. The molecule has 0 aliphatic heterocycles. The predicted molar refractivity (Wildman–Crippen MR) is 125 cm³/mol. The number of benzene rings is 3. The maximum absolute atomic E-state index is 12.9. The SMILES string of the molecule is Cc1c(N=Cc2ccc(OCc3ccc(Cl)cc3)cc2)c(=O)n(-c2ccccc2)n1C. The first kappa shape index (κ1) is 20.7. The molecular formula is C25H22ClN3O2. The quantitative estimate of drug-likeness (QED) is 0.380. The van der Waals surface area contributed by atoms with Gasteiger partial charge in [-0.15, -0.1) is 0 Å². The lowest BCUT2D eigenvalue weighted by Gasteiger charge is -2.07. The van der Waals surface area contributed by atoms with E-state index in [4.69, 9.17) is 16.3 Å². The van der Waals surface area contributed by atoms with Gasteiger partial charge in [-0.05, 0) is 66.6 Å². The third-order valence-corrected chi connectivity index (χ3v) is 5.32. The van der Waals surface area contributed by atoms with Crippen molar-refractivity contribution in [2.75, 3.05) is 0 Å². The summed E-state index contributed by atoms with van der Waals surface area (Å²) < 4.78 is 9.25. The predicted octanol–water partition coefficient (Wildman–Crippen LogP) is 5.47. The van der Waals surface area contributed by atoms with Crippen LogP contribution >= 0.6 is 11.6 Å². The van der Waals surface area contributed by atoms with Gasteiger partial charge in [-0.1, -0.05) is 41.9 Å². The molecule has 0 radical (unpaired) electrons. The van der Waals surface area contributed by atoms with E-state index in [0.29, 0.717) is 17.3 Å². The minimum absolute atomic E-state index is 0.148. The number of aliphatic imine (C=N–C) groups is 1. The van der Waals surface area contributed by atoms with Gasteiger partial charge in [0, 0.05) is 18.3 Å². The van der Waals surface area contributed by atoms with E-state index in [1.54, 1.807) is 10.9 Å². The average molecular weight is 432 g/mol. The van der Waals surface area contributed by atoms with Crippen molar-refractivity contribution in [1.29, 1.82) is 0 Å². The molecule has 0 bridgehead atoms. The number of hydrogen-bond donors (Lipinski definition) is 0. The number of ether oxygens (including phenoxy) is 1. The first-order valence-corrected chi connectivity index (χ1v) is 10.3. The van der Waals surface area contributed by atoms with Crippen LogP contribution in [0, 0.1) is 6.92 Å². The van der Waals surface area contributed by atoms with Gasteiger partial charge in [0.15, 0.2) is 5.69 Å². The molecule has 0 atom stereocenters. The highest BCUT2D eigenvalue weighted by atomic mass is 35.5. The molecule has 6 heteroatoms. The zero-order chi connectivity index (χ0) is 21.8. The zero-order valence-corrected chi connectivity index (χ0v) is 18.1. The van der Waals surface area contributed by atoms with E-state index in [2.05, 4.69) is 4.99 Å². The van der Waals surface area contributed by atoms with Crippen LogP contribution < -0.4 is 10.3 Å². The van der Waals surface area contributed by atoms with Gasteiger partial charge in [0.1, 0.15) is 12.4 Å². The van der Waals surface area contributed by atoms with E-state index < -0.39 is 0 Å². The van der Waals surface area contributed by atoms with Crippen LogP contribution in [0.4, 0.5) is 5.69 Å². The van der Waals surface area contributed by atoms with E-state index in [1.165, 1.54) is 0 Å². The second kappa shape index (κ2) is 9.06. The van der Waals surface area contributed by atoms with Crippen molar-refractivity contribution in [2.24, 2.45) is 12.0 Å². The fourth-order valence-electron chi connectivity index (χ4n) is 3.24. The Morgan fingerprint density at radius 3 is 2.32 bits per heavy atom. The fourth-order valence-corrected chi connectivity index (χ4v) is 3.37. The van der Waals surface area contributed by atoms with Crippen molar-refractivity contribution in [1.82, 2.24) is 9.36 Å². The number of hydrogen-bond acceptors (Lipinski definition) is 3. The summed E-state index contributed by atoms with van der Waals surface area (Å²) in [5.74, 6) is 0.759. The zero-order valence-electron chi connectivity index (χ0n) is 17.3. The van der Waals surface area contributed by atoms with Crippen molar-refractivity contribution >= 4 is 23.5 Å². The smallest absolute Gasteiger partial charge is 0.297 e. The van der Waals surface area contributed by atoms with Gasteiger partial charge in [-0.25, -0.2) is 9.67 Å². The number of halogens is 1. The molecule has 1 heterocycles. The van der Waals surface area contributed by atoms with Gasteiger partial charge >= 0.3 is 0 Å². The van der Waals surface area contributed by atoms with Crippen molar-refractivity contribution in [3.05, 3.63) is 111 Å². The van der Waals surface area contributed by atoms with Crippen LogP contribution in [0.2, 0.25) is 5.02 Å². The topological polar surface area (TPSA) is 48.5 Å². The normalized spacial score (nSPS) is 11.2. The molecule has 0 N–H and O–H groups in total. The van der Waals surface area contributed by atoms with E-state index in [1.807, 2.05) is 97.5 Å². The Kier molecular flexibility index (Phi) is 6.05. The fraction of sp³-hybridized carbons (Fsp3) is 0.120. The van der Waals surface area contributed by atoms with Crippen LogP contribution in [0.1, 0.15) is 16.8 Å². The summed E-state index contributed by atoms with van der Waals surface area (Å²) in [5.41, 5.74) is 3.81. The van der Waals surface area contributed by atoms with E-state index in [0.717, 1.165) is 28.3 Å². The van der Waals surface area contributed by atoms with E-state index in [-0.39, 0.29) is 5.56 Å². The second-order valence-corrected chi connectivity index (χ2v) is 7.59. The molecule has 3 aromatic carbocycles. The summed E-state index contributed by atoms with van der Waals surface area (Å²) in [6.45, 7) is 2.36. The molecule has 0 saturated heterocycles. The molecule has 0 fully saturated rings. The second-order valence-electron chi connectivity index (χ2n) is 7.15. The third-order valence-electron chi connectivity index (χ3n) is 5.07. The highest BCUT2D eigenvalue weighted by molar-refractivity contribution is 6.30. The molecule has 156 valence electrons. The number of nitrogens with zero attached hydrogens (tertiary/aromatic N) is 3.